The molecular formula is C22H28N4O4S. The third kappa shape index (κ3) is 4.29. The van der Waals surface area contributed by atoms with Crippen molar-refractivity contribution in [2.24, 2.45) is 0 Å². The molecule has 4 rings (SSSR count). The molecule has 0 aliphatic carbocycles. The largest absolute Gasteiger partial charge is 0.328 e. The maximum atomic E-state index is 13.3. The zero-order chi connectivity index (χ0) is 22.2. The maximum Gasteiger partial charge on any atom is 0.254 e. The van der Waals surface area contributed by atoms with Gasteiger partial charge in [0.05, 0.1) is 24.0 Å². The highest BCUT2D eigenvalue weighted by Gasteiger charge is 2.33. The van der Waals surface area contributed by atoms with Crippen LogP contribution in [0.5, 0.6) is 0 Å². The summed E-state index contributed by atoms with van der Waals surface area (Å²) in [5.41, 5.74) is 2.43. The van der Waals surface area contributed by atoms with Crippen molar-refractivity contribution in [2.75, 3.05) is 18.8 Å². The molecule has 0 radical (unpaired) electrons. The number of fused-ring (bicyclic) bond motifs is 1. The predicted molar refractivity (Wildman–Crippen MR) is 117 cm³/mol. The molecule has 1 fully saturated rings. The fourth-order valence-corrected chi connectivity index (χ4v) is 5.47. The summed E-state index contributed by atoms with van der Waals surface area (Å²) in [4.78, 5) is 35.4. The molecule has 1 saturated heterocycles. The number of likely N-dealkylation sites (tertiary alicyclic amines) is 1. The highest BCUT2D eigenvalue weighted by molar-refractivity contribution is 7.89. The van der Waals surface area contributed by atoms with Crippen molar-refractivity contribution >= 4 is 15.9 Å². The van der Waals surface area contributed by atoms with Crippen LogP contribution in [-0.2, 0) is 23.0 Å². The topological polar surface area (TPSA) is 103 Å². The number of hydrogen-bond acceptors (Lipinski definition) is 5. The van der Waals surface area contributed by atoms with Crippen LogP contribution in [0.1, 0.15) is 65.2 Å². The molecular weight excluding hydrogens is 416 g/mol. The lowest BCUT2D eigenvalue weighted by Crippen LogP contribution is -2.42. The summed E-state index contributed by atoms with van der Waals surface area (Å²) >= 11 is 0. The first-order chi connectivity index (χ1) is 14.8. The second-order valence-electron chi connectivity index (χ2n) is 8.24. The first-order valence-corrected chi connectivity index (χ1v) is 12.4. The Hall–Kier alpha value is -2.52. The monoisotopic (exact) mass is 444 g/mol. The maximum absolute atomic E-state index is 13.3. The minimum absolute atomic E-state index is 0.0137. The average Bonchev–Trinajstić information content (AvgIpc) is 2.78. The van der Waals surface area contributed by atoms with Crippen molar-refractivity contribution < 1.29 is 13.2 Å². The first-order valence-electron chi connectivity index (χ1n) is 10.8. The van der Waals surface area contributed by atoms with Crippen LogP contribution in [0.4, 0.5) is 0 Å². The number of aromatic nitrogens is 2. The Bertz CT molecular complexity index is 1160. The molecule has 9 heteroatoms. The van der Waals surface area contributed by atoms with Crippen molar-refractivity contribution in [2.45, 2.75) is 52.1 Å². The number of nitrogens with one attached hydrogen (secondary N) is 1. The molecule has 1 atom stereocenters. The second-order valence-corrected chi connectivity index (χ2v) is 10.5. The smallest absolute Gasteiger partial charge is 0.254 e. The van der Waals surface area contributed by atoms with Crippen LogP contribution in [-0.4, -0.2) is 52.3 Å². The SMILES string of the molecule is CCS(=O)(=O)N1CCc2c(nc([C@H]3CCCCN3C(=O)c3cccc(C)c3)[nH]c2=O)C1. The molecule has 0 bridgehead atoms. The molecule has 1 aromatic heterocycles. The van der Waals surface area contributed by atoms with Gasteiger partial charge < -0.3 is 9.88 Å². The highest BCUT2D eigenvalue weighted by Crippen LogP contribution is 2.31. The van der Waals surface area contributed by atoms with Gasteiger partial charge in [-0.25, -0.2) is 13.4 Å². The molecule has 166 valence electrons. The number of piperidine rings is 1. The van der Waals surface area contributed by atoms with Crippen LogP contribution in [0.3, 0.4) is 0 Å². The van der Waals surface area contributed by atoms with Gasteiger partial charge in [0, 0.05) is 24.2 Å². The Labute approximate surface area is 182 Å². The molecule has 2 aromatic rings. The quantitative estimate of drug-likeness (QED) is 0.778. The molecule has 1 N–H and O–H groups in total. The summed E-state index contributed by atoms with van der Waals surface area (Å²) in [5.74, 6) is 0.379. The first kappa shape index (κ1) is 21.7. The van der Waals surface area contributed by atoms with E-state index in [0.29, 0.717) is 42.0 Å². The Morgan fingerprint density at radius 3 is 2.81 bits per heavy atom. The fraction of sp³-hybridized carbons (Fsp3) is 0.500. The number of amides is 1. The number of aryl methyl sites for hydroxylation is 1. The number of H-pyrrole nitrogens is 1. The van der Waals surface area contributed by atoms with E-state index >= 15 is 0 Å². The molecule has 31 heavy (non-hydrogen) atoms. The van der Waals surface area contributed by atoms with E-state index in [0.717, 1.165) is 18.4 Å². The van der Waals surface area contributed by atoms with Crippen LogP contribution in [0.25, 0.3) is 0 Å². The number of hydrogen-bond donors (Lipinski definition) is 1. The molecule has 1 aromatic carbocycles. The van der Waals surface area contributed by atoms with E-state index in [-0.39, 0.29) is 36.4 Å². The van der Waals surface area contributed by atoms with Crippen LogP contribution in [0.2, 0.25) is 0 Å². The van der Waals surface area contributed by atoms with E-state index in [1.54, 1.807) is 17.9 Å². The fourth-order valence-electron chi connectivity index (χ4n) is 4.42. The lowest BCUT2D eigenvalue weighted by atomic mass is 9.99. The van der Waals surface area contributed by atoms with Crippen molar-refractivity contribution in [3.05, 3.63) is 62.8 Å². The summed E-state index contributed by atoms with van der Waals surface area (Å²) in [6.45, 7) is 4.53. The Morgan fingerprint density at radius 1 is 1.26 bits per heavy atom. The molecule has 1 amide bonds. The van der Waals surface area contributed by atoms with Gasteiger partial charge in [0.25, 0.3) is 11.5 Å². The third-order valence-corrected chi connectivity index (χ3v) is 7.99. The lowest BCUT2D eigenvalue weighted by molar-refractivity contribution is 0.0598. The van der Waals surface area contributed by atoms with Gasteiger partial charge in [0.2, 0.25) is 10.0 Å². The van der Waals surface area contributed by atoms with Gasteiger partial charge in [-0.1, -0.05) is 17.7 Å². The van der Waals surface area contributed by atoms with Gasteiger partial charge in [-0.3, -0.25) is 9.59 Å². The van der Waals surface area contributed by atoms with Crippen molar-refractivity contribution in [3.8, 4) is 0 Å². The number of carbonyl (C=O) groups is 1. The molecule has 2 aliphatic rings. The van der Waals surface area contributed by atoms with Crippen LogP contribution < -0.4 is 5.56 Å². The van der Waals surface area contributed by atoms with Gasteiger partial charge >= 0.3 is 0 Å². The van der Waals surface area contributed by atoms with Gasteiger partial charge in [-0.2, -0.15) is 4.31 Å². The molecule has 0 unspecified atom stereocenters. The van der Waals surface area contributed by atoms with Crippen LogP contribution >= 0.6 is 0 Å². The zero-order valence-electron chi connectivity index (χ0n) is 17.9. The highest BCUT2D eigenvalue weighted by atomic mass is 32.2. The van der Waals surface area contributed by atoms with Gasteiger partial charge in [0.1, 0.15) is 5.82 Å². The minimum atomic E-state index is -3.36. The number of benzene rings is 1. The average molecular weight is 445 g/mol. The molecule has 0 spiro atoms. The third-order valence-electron chi connectivity index (χ3n) is 6.16. The number of rotatable bonds is 4. The number of nitrogens with zero attached hydrogens (tertiary/aromatic N) is 3. The Balaban J connectivity index is 1.68. The van der Waals surface area contributed by atoms with E-state index < -0.39 is 10.0 Å². The van der Waals surface area contributed by atoms with Crippen LogP contribution in [0, 0.1) is 6.92 Å². The summed E-state index contributed by atoms with van der Waals surface area (Å²) in [6.07, 6.45) is 2.87. The van der Waals surface area contributed by atoms with E-state index in [4.69, 9.17) is 0 Å². The van der Waals surface area contributed by atoms with E-state index in [1.807, 2.05) is 25.1 Å². The van der Waals surface area contributed by atoms with Crippen molar-refractivity contribution in [1.29, 1.82) is 0 Å². The Morgan fingerprint density at radius 2 is 2.06 bits per heavy atom. The van der Waals surface area contributed by atoms with Crippen molar-refractivity contribution in [3.63, 3.8) is 0 Å². The van der Waals surface area contributed by atoms with Gasteiger partial charge in [-0.15, -0.1) is 0 Å². The molecule has 0 saturated carbocycles. The zero-order valence-corrected chi connectivity index (χ0v) is 18.7. The van der Waals surface area contributed by atoms with E-state index in [2.05, 4.69) is 9.97 Å². The summed E-state index contributed by atoms with van der Waals surface area (Å²) in [5, 5.41) is 0. The van der Waals surface area contributed by atoms with Gasteiger partial charge in [0.15, 0.2) is 0 Å². The van der Waals surface area contributed by atoms with Crippen molar-refractivity contribution in [1.82, 2.24) is 19.2 Å². The summed E-state index contributed by atoms with van der Waals surface area (Å²) < 4.78 is 26.0. The number of carbonyl (C=O) groups excluding carboxylic acids is 1. The molecule has 3 heterocycles. The second kappa shape index (κ2) is 8.55. The predicted octanol–water partition coefficient (Wildman–Crippen LogP) is 2.15. The Kier molecular flexibility index (Phi) is 5.98. The summed E-state index contributed by atoms with van der Waals surface area (Å²) in [7, 11) is -3.36. The molecule has 8 nitrogen and oxygen atoms in total. The van der Waals surface area contributed by atoms with Crippen LogP contribution in [0.15, 0.2) is 29.1 Å². The summed E-state index contributed by atoms with van der Waals surface area (Å²) in [6, 6.07) is 7.15. The van der Waals surface area contributed by atoms with E-state index in [1.165, 1.54) is 4.31 Å². The minimum Gasteiger partial charge on any atom is -0.328 e. The van der Waals surface area contributed by atoms with Gasteiger partial charge in [-0.05, 0) is 51.7 Å². The standard InChI is InChI=1S/C22H28N4O4S/c1-3-31(29,30)25-12-10-17-18(14-25)23-20(24-21(17)27)19-9-4-5-11-26(19)22(28)16-8-6-7-15(2)13-16/h6-8,13,19H,3-5,9-12,14H2,1-2H3,(H,23,24,27)/t19-/m1/s1. The number of aromatic amines is 1. The molecule has 2 aliphatic heterocycles. The number of sulfonamides is 1. The lowest BCUT2D eigenvalue weighted by Gasteiger charge is -2.36. The van der Waals surface area contributed by atoms with E-state index in [9.17, 15) is 18.0 Å². The normalized spacial score (nSPS) is 19.8.